The van der Waals surface area contributed by atoms with Crippen molar-refractivity contribution < 1.29 is 23.4 Å². The maximum atomic E-state index is 13.7. The zero-order chi connectivity index (χ0) is 20.6. The lowest BCUT2D eigenvalue weighted by molar-refractivity contribution is -0.116. The van der Waals surface area contributed by atoms with Crippen LogP contribution >= 0.6 is 0 Å². The molecule has 0 atom stereocenters. The van der Waals surface area contributed by atoms with E-state index >= 15 is 0 Å². The third kappa shape index (κ3) is 5.48. The van der Waals surface area contributed by atoms with Gasteiger partial charge in [0.15, 0.2) is 5.75 Å². The van der Waals surface area contributed by atoms with Crippen LogP contribution in [0.2, 0.25) is 0 Å². The molecule has 0 bridgehead atoms. The summed E-state index contributed by atoms with van der Waals surface area (Å²) in [4.78, 5) is 12.5. The van der Waals surface area contributed by atoms with Gasteiger partial charge in [-0.25, -0.2) is 4.39 Å². The van der Waals surface area contributed by atoms with Crippen LogP contribution in [0.4, 0.5) is 10.1 Å². The van der Waals surface area contributed by atoms with Crippen molar-refractivity contribution in [3.05, 3.63) is 78.1 Å². The molecule has 1 amide bonds. The number of anilines is 1. The lowest BCUT2D eigenvalue weighted by Crippen LogP contribution is -2.13. The second kappa shape index (κ2) is 9.59. The van der Waals surface area contributed by atoms with E-state index in [-0.39, 0.29) is 18.0 Å². The van der Waals surface area contributed by atoms with E-state index in [9.17, 15) is 9.18 Å². The molecule has 3 rings (SSSR count). The van der Waals surface area contributed by atoms with Crippen LogP contribution in [0, 0.1) is 5.82 Å². The molecule has 3 aromatic rings. The molecule has 150 valence electrons. The highest BCUT2D eigenvalue weighted by Gasteiger charge is 2.12. The van der Waals surface area contributed by atoms with Crippen molar-refractivity contribution in [2.75, 3.05) is 19.5 Å². The van der Waals surface area contributed by atoms with Crippen LogP contribution in [0.1, 0.15) is 12.0 Å². The molecule has 0 aromatic heterocycles. The predicted octanol–water partition coefficient (Wildman–Crippen LogP) is 5.21. The second-order valence-corrected chi connectivity index (χ2v) is 6.28. The molecule has 0 spiro atoms. The number of hydrogen-bond acceptors (Lipinski definition) is 4. The standard InChI is InChI=1S/C23H22FNO4/c1-27-19-10-12-21(28-2)16(14-19)8-13-23(26)25-20-15-17(24)9-11-22(20)29-18-6-4-3-5-7-18/h3-7,9-12,14-15H,8,13H2,1-2H3,(H,25,26). The summed E-state index contributed by atoms with van der Waals surface area (Å²) in [5, 5.41) is 2.73. The summed E-state index contributed by atoms with van der Waals surface area (Å²) < 4.78 is 30.1. The van der Waals surface area contributed by atoms with Crippen molar-refractivity contribution in [3.8, 4) is 23.0 Å². The minimum atomic E-state index is -0.463. The number of halogens is 1. The Balaban J connectivity index is 1.70. The lowest BCUT2D eigenvalue weighted by Gasteiger charge is -2.13. The van der Waals surface area contributed by atoms with Crippen LogP contribution in [0.15, 0.2) is 66.7 Å². The maximum Gasteiger partial charge on any atom is 0.224 e. The molecule has 0 aliphatic rings. The van der Waals surface area contributed by atoms with Gasteiger partial charge in [-0.1, -0.05) is 18.2 Å². The van der Waals surface area contributed by atoms with Gasteiger partial charge in [-0.2, -0.15) is 0 Å². The highest BCUT2D eigenvalue weighted by Crippen LogP contribution is 2.31. The summed E-state index contributed by atoms with van der Waals surface area (Å²) in [5.41, 5.74) is 1.12. The summed E-state index contributed by atoms with van der Waals surface area (Å²) in [6, 6.07) is 18.5. The number of aryl methyl sites for hydroxylation is 1. The number of amides is 1. The molecule has 29 heavy (non-hydrogen) atoms. The van der Waals surface area contributed by atoms with E-state index in [0.717, 1.165) is 5.56 Å². The lowest BCUT2D eigenvalue weighted by atomic mass is 10.1. The van der Waals surface area contributed by atoms with Gasteiger partial charge in [-0.15, -0.1) is 0 Å². The first-order valence-electron chi connectivity index (χ1n) is 9.12. The number of methoxy groups -OCH3 is 2. The summed E-state index contributed by atoms with van der Waals surface area (Å²) in [6.45, 7) is 0. The van der Waals surface area contributed by atoms with Gasteiger partial charge in [-0.3, -0.25) is 4.79 Å². The smallest absolute Gasteiger partial charge is 0.224 e. The molecular formula is C23H22FNO4. The van der Waals surface area contributed by atoms with Gasteiger partial charge in [0.25, 0.3) is 0 Å². The Hall–Kier alpha value is -3.54. The fraction of sp³-hybridized carbons (Fsp3) is 0.174. The number of benzene rings is 3. The van der Waals surface area contributed by atoms with Gasteiger partial charge >= 0.3 is 0 Å². The Bertz CT molecular complexity index is 976. The fourth-order valence-corrected chi connectivity index (χ4v) is 2.84. The molecule has 0 radical (unpaired) electrons. The average Bonchev–Trinajstić information content (AvgIpc) is 2.74. The van der Waals surface area contributed by atoms with E-state index in [2.05, 4.69) is 5.32 Å². The number of ether oxygens (including phenoxy) is 3. The minimum Gasteiger partial charge on any atom is -0.497 e. The van der Waals surface area contributed by atoms with Gasteiger partial charge < -0.3 is 19.5 Å². The van der Waals surface area contributed by atoms with Gasteiger partial charge in [0.1, 0.15) is 23.1 Å². The third-order valence-electron chi connectivity index (χ3n) is 4.30. The molecule has 0 heterocycles. The van der Waals surface area contributed by atoms with E-state index in [0.29, 0.717) is 29.4 Å². The van der Waals surface area contributed by atoms with E-state index in [1.54, 1.807) is 38.5 Å². The number of nitrogens with one attached hydrogen (secondary N) is 1. The van der Waals surface area contributed by atoms with Crippen LogP contribution in [0.5, 0.6) is 23.0 Å². The predicted molar refractivity (Wildman–Crippen MR) is 109 cm³/mol. The third-order valence-corrected chi connectivity index (χ3v) is 4.30. The van der Waals surface area contributed by atoms with Gasteiger partial charge in [0.2, 0.25) is 5.91 Å². The van der Waals surface area contributed by atoms with Gasteiger partial charge in [0.05, 0.1) is 19.9 Å². The Kier molecular flexibility index (Phi) is 6.68. The zero-order valence-corrected chi connectivity index (χ0v) is 16.3. The highest BCUT2D eigenvalue weighted by atomic mass is 19.1. The van der Waals surface area contributed by atoms with Crippen molar-refractivity contribution in [3.63, 3.8) is 0 Å². The van der Waals surface area contributed by atoms with Crippen LogP contribution in [0.25, 0.3) is 0 Å². The van der Waals surface area contributed by atoms with Crippen LogP contribution in [0.3, 0.4) is 0 Å². The van der Waals surface area contributed by atoms with Crippen LogP contribution in [-0.4, -0.2) is 20.1 Å². The summed E-state index contributed by atoms with van der Waals surface area (Å²) in [7, 11) is 3.15. The minimum absolute atomic E-state index is 0.185. The summed E-state index contributed by atoms with van der Waals surface area (Å²) in [6.07, 6.45) is 0.626. The second-order valence-electron chi connectivity index (χ2n) is 6.28. The number of para-hydroxylation sites is 1. The van der Waals surface area contributed by atoms with E-state index < -0.39 is 5.82 Å². The summed E-state index contributed by atoms with van der Waals surface area (Å²) in [5.74, 6) is 1.59. The molecule has 0 aliphatic carbocycles. The molecule has 0 fully saturated rings. The fourth-order valence-electron chi connectivity index (χ4n) is 2.84. The summed E-state index contributed by atoms with van der Waals surface area (Å²) >= 11 is 0. The van der Waals surface area contributed by atoms with Crippen LogP contribution in [-0.2, 0) is 11.2 Å². The molecule has 1 N–H and O–H groups in total. The van der Waals surface area contributed by atoms with Crippen molar-refractivity contribution in [2.45, 2.75) is 12.8 Å². The molecule has 5 nitrogen and oxygen atoms in total. The van der Waals surface area contributed by atoms with Crippen molar-refractivity contribution in [2.24, 2.45) is 0 Å². The van der Waals surface area contributed by atoms with E-state index in [4.69, 9.17) is 14.2 Å². The van der Waals surface area contributed by atoms with Crippen molar-refractivity contribution in [1.29, 1.82) is 0 Å². The monoisotopic (exact) mass is 395 g/mol. The normalized spacial score (nSPS) is 10.3. The number of rotatable bonds is 8. The Morgan fingerprint density at radius 2 is 1.66 bits per heavy atom. The van der Waals surface area contributed by atoms with Gasteiger partial charge in [-0.05, 0) is 54.4 Å². The molecule has 0 saturated carbocycles. The van der Waals surface area contributed by atoms with E-state index in [1.807, 2.05) is 24.3 Å². The molecule has 6 heteroatoms. The molecule has 0 aliphatic heterocycles. The molecule has 0 unspecified atom stereocenters. The quantitative estimate of drug-likeness (QED) is 0.569. The Morgan fingerprint density at radius 1 is 0.897 bits per heavy atom. The Morgan fingerprint density at radius 3 is 2.38 bits per heavy atom. The zero-order valence-electron chi connectivity index (χ0n) is 16.3. The van der Waals surface area contributed by atoms with Crippen LogP contribution < -0.4 is 19.5 Å². The topological polar surface area (TPSA) is 56.8 Å². The van der Waals surface area contributed by atoms with Crippen molar-refractivity contribution >= 4 is 11.6 Å². The number of hydrogen-bond donors (Lipinski definition) is 1. The van der Waals surface area contributed by atoms with Gasteiger partial charge in [0, 0.05) is 12.5 Å². The highest BCUT2D eigenvalue weighted by molar-refractivity contribution is 5.92. The molecule has 3 aromatic carbocycles. The maximum absolute atomic E-state index is 13.7. The Labute approximate surface area is 169 Å². The number of carbonyl (C=O) groups is 1. The SMILES string of the molecule is COc1ccc(OC)c(CCC(=O)Nc2cc(F)ccc2Oc2ccccc2)c1. The first-order chi connectivity index (χ1) is 14.1. The first-order valence-corrected chi connectivity index (χ1v) is 9.12. The first kappa shape index (κ1) is 20.2. The molecule has 0 saturated heterocycles. The molecular weight excluding hydrogens is 373 g/mol. The average molecular weight is 395 g/mol. The largest absolute Gasteiger partial charge is 0.497 e. The van der Waals surface area contributed by atoms with E-state index in [1.165, 1.54) is 18.2 Å². The number of carbonyl (C=O) groups excluding carboxylic acids is 1. The van der Waals surface area contributed by atoms with Crippen molar-refractivity contribution in [1.82, 2.24) is 0 Å².